The van der Waals surface area contributed by atoms with Crippen molar-refractivity contribution in [3.05, 3.63) is 51.4 Å². The van der Waals surface area contributed by atoms with E-state index >= 15 is 0 Å². The van der Waals surface area contributed by atoms with Crippen LogP contribution >= 0.6 is 11.8 Å². The number of carbonyl (C=O) groups is 2. The van der Waals surface area contributed by atoms with Crippen molar-refractivity contribution in [3.8, 4) is 5.75 Å². The minimum atomic E-state index is -0.293. The maximum Gasteiger partial charge on any atom is 0.308 e. The Morgan fingerprint density at radius 3 is 2.65 bits per heavy atom. The van der Waals surface area contributed by atoms with Crippen LogP contribution in [0.1, 0.15) is 29.7 Å². The van der Waals surface area contributed by atoms with Crippen LogP contribution in [0.25, 0.3) is 0 Å². The topological polar surface area (TPSA) is 102 Å². The number of benzene rings is 1. The Balaban J connectivity index is 1.60. The number of amides is 1. The van der Waals surface area contributed by atoms with Gasteiger partial charge in [0, 0.05) is 30.1 Å². The third-order valence-corrected chi connectivity index (χ3v) is 6.36. The summed E-state index contributed by atoms with van der Waals surface area (Å²) < 4.78 is 10.0. The fourth-order valence-electron chi connectivity index (χ4n) is 3.57. The van der Waals surface area contributed by atoms with Gasteiger partial charge in [-0.2, -0.15) is 0 Å². The molecular formula is C22H27N3O5S. The van der Waals surface area contributed by atoms with E-state index in [9.17, 15) is 14.4 Å². The van der Waals surface area contributed by atoms with Gasteiger partial charge in [0.25, 0.3) is 5.56 Å². The Bertz CT molecular complexity index is 999. The molecule has 1 saturated heterocycles. The molecule has 1 aromatic carbocycles. The van der Waals surface area contributed by atoms with Gasteiger partial charge >= 0.3 is 5.97 Å². The molecule has 0 atom stereocenters. The largest absolute Gasteiger partial charge is 0.497 e. The number of hydrogen-bond acceptors (Lipinski definition) is 7. The summed E-state index contributed by atoms with van der Waals surface area (Å²) in [5.41, 5.74) is 1.69. The van der Waals surface area contributed by atoms with E-state index in [1.54, 1.807) is 18.9 Å². The Kier molecular flexibility index (Phi) is 7.73. The van der Waals surface area contributed by atoms with Crippen molar-refractivity contribution in [1.82, 2.24) is 14.9 Å². The number of aryl methyl sites for hydroxylation is 1. The highest BCUT2D eigenvalue weighted by molar-refractivity contribution is 7.98. The Hall–Kier alpha value is -2.81. The number of hydrogen-bond donors (Lipinski definition) is 1. The molecule has 9 heteroatoms. The second-order valence-corrected chi connectivity index (χ2v) is 8.39. The lowest BCUT2D eigenvalue weighted by atomic mass is 9.96. The third-order valence-electron chi connectivity index (χ3n) is 5.42. The minimum Gasteiger partial charge on any atom is -0.497 e. The molecule has 0 radical (unpaired) electrons. The van der Waals surface area contributed by atoms with Gasteiger partial charge in [-0.25, -0.2) is 4.98 Å². The highest BCUT2D eigenvalue weighted by atomic mass is 32.2. The maximum atomic E-state index is 12.7. The first-order valence-electron chi connectivity index (χ1n) is 10.1. The van der Waals surface area contributed by atoms with E-state index in [0.29, 0.717) is 48.1 Å². The van der Waals surface area contributed by atoms with E-state index < -0.39 is 0 Å². The number of rotatable bonds is 7. The van der Waals surface area contributed by atoms with Gasteiger partial charge in [0.15, 0.2) is 5.16 Å². The molecule has 166 valence electrons. The fraction of sp³-hybridized carbons (Fsp3) is 0.455. The summed E-state index contributed by atoms with van der Waals surface area (Å²) in [6.07, 6.45) is 1.15. The molecule has 0 unspecified atom stereocenters. The number of nitrogens with one attached hydrogen (secondary N) is 1. The molecule has 0 spiro atoms. The van der Waals surface area contributed by atoms with Crippen LogP contribution in [0.15, 0.2) is 34.2 Å². The first-order valence-corrected chi connectivity index (χ1v) is 11.1. The zero-order valence-corrected chi connectivity index (χ0v) is 18.8. The predicted molar refractivity (Wildman–Crippen MR) is 117 cm³/mol. The quantitative estimate of drug-likeness (QED) is 0.396. The van der Waals surface area contributed by atoms with E-state index in [-0.39, 0.29) is 29.8 Å². The fourth-order valence-corrected chi connectivity index (χ4v) is 4.42. The van der Waals surface area contributed by atoms with E-state index in [2.05, 4.69) is 9.97 Å². The predicted octanol–water partition coefficient (Wildman–Crippen LogP) is 2.33. The number of aromatic amines is 1. The number of ether oxygens (including phenoxy) is 2. The molecule has 2 heterocycles. The molecule has 8 nitrogen and oxygen atoms in total. The van der Waals surface area contributed by atoms with Gasteiger partial charge in [-0.05, 0) is 37.5 Å². The minimum absolute atomic E-state index is 0.00209. The van der Waals surface area contributed by atoms with Crippen molar-refractivity contribution >= 4 is 23.6 Å². The van der Waals surface area contributed by atoms with Gasteiger partial charge < -0.3 is 19.4 Å². The van der Waals surface area contributed by atoms with Gasteiger partial charge in [-0.1, -0.05) is 23.9 Å². The second kappa shape index (κ2) is 10.5. The summed E-state index contributed by atoms with van der Waals surface area (Å²) in [4.78, 5) is 45.9. The van der Waals surface area contributed by atoms with Crippen molar-refractivity contribution < 1.29 is 19.1 Å². The number of likely N-dealkylation sites (tertiary alicyclic amines) is 1. The molecule has 1 amide bonds. The SMILES string of the molecule is COC(=O)C1CCN(C(=O)Cc2c(C)nc(SCc3cccc(OC)c3)[nH]c2=O)CC1. The number of carbonyl (C=O) groups excluding carboxylic acids is 2. The monoisotopic (exact) mass is 445 g/mol. The van der Waals surface area contributed by atoms with Crippen LogP contribution < -0.4 is 10.3 Å². The lowest BCUT2D eigenvalue weighted by Gasteiger charge is -2.30. The number of H-pyrrole nitrogens is 1. The number of thioether (sulfide) groups is 1. The van der Waals surface area contributed by atoms with E-state index in [1.165, 1.54) is 18.9 Å². The van der Waals surface area contributed by atoms with E-state index in [4.69, 9.17) is 9.47 Å². The van der Waals surface area contributed by atoms with E-state index in [0.717, 1.165) is 11.3 Å². The first kappa shape index (κ1) is 22.9. The molecular weight excluding hydrogens is 418 g/mol. The van der Waals surface area contributed by atoms with Crippen molar-refractivity contribution in [3.63, 3.8) is 0 Å². The summed E-state index contributed by atoms with van der Waals surface area (Å²) >= 11 is 1.42. The summed E-state index contributed by atoms with van der Waals surface area (Å²) in [6.45, 7) is 2.71. The number of aromatic nitrogens is 2. The number of piperidine rings is 1. The standard InChI is InChI=1S/C22H27N3O5S/c1-14-18(12-19(26)25-9-7-16(8-10-25)21(28)30-3)20(27)24-22(23-14)31-13-15-5-4-6-17(11-15)29-2/h4-6,11,16H,7-10,12-13H2,1-3H3,(H,23,24,27). The maximum absolute atomic E-state index is 12.7. The van der Waals surface area contributed by atoms with Crippen LogP contribution in [0.4, 0.5) is 0 Å². The number of esters is 1. The normalized spacial score (nSPS) is 14.4. The van der Waals surface area contributed by atoms with Crippen LogP contribution in [-0.4, -0.2) is 54.1 Å². The molecule has 0 aliphatic carbocycles. The molecule has 0 bridgehead atoms. The van der Waals surface area contributed by atoms with Crippen LogP contribution in [0.3, 0.4) is 0 Å². The Labute approximate surface area is 185 Å². The van der Waals surface area contributed by atoms with Gasteiger partial charge in [-0.3, -0.25) is 14.4 Å². The third kappa shape index (κ3) is 5.88. The first-order chi connectivity index (χ1) is 14.9. The molecule has 0 saturated carbocycles. The van der Waals surface area contributed by atoms with Crippen LogP contribution in [-0.2, 0) is 26.5 Å². The summed E-state index contributed by atoms with van der Waals surface area (Å²) in [6, 6.07) is 7.71. The molecule has 3 rings (SSSR count). The highest BCUT2D eigenvalue weighted by Crippen LogP contribution is 2.22. The zero-order chi connectivity index (χ0) is 22.4. The zero-order valence-electron chi connectivity index (χ0n) is 18.0. The van der Waals surface area contributed by atoms with Crippen molar-refractivity contribution in [1.29, 1.82) is 0 Å². The molecule has 1 fully saturated rings. The number of methoxy groups -OCH3 is 2. The molecule has 31 heavy (non-hydrogen) atoms. The summed E-state index contributed by atoms with van der Waals surface area (Å²) in [7, 11) is 3.00. The second-order valence-electron chi connectivity index (χ2n) is 7.43. The molecule has 1 aromatic heterocycles. The van der Waals surface area contributed by atoms with Crippen LogP contribution in [0.2, 0.25) is 0 Å². The average molecular weight is 446 g/mol. The van der Waals surface area contributed by atoms with Crippen LogP contribution in [0, 0.1) is 12.8 Å². The van der Waals surface area contributed by atoms with Crippen molar-refractivity contribution in [2.24, 2.45) is 5.92 Å². The lowest BCUT2D eigenvalue weighted by Crippen LogP contribution is -2.42. The van der Waals surface area contributed by atoms with Crippen molar-refractivity contribution in [2.45, 2.75) is 37.1 Å². The number of nitrogens with zero attached hydrogens (tertiary/aromatic N) is 2. The highest BCUT2D eigenvalue weighted by Gasteiger charge is 2.28. The van der Waals surface area contributed by atoms with Gasteiger partial charge in [-0.15, -0.1) is 0 Å². The van der Waals surface area contributed by atoms with Crippen molar-refractivity contribution in [2.75, 3.05) is 27.3 Å². The molecule has 1 N–H and O–H groups in total. The average Bonchev–Trinajstić information content (AvgIpc) is 2.79. The molecule has 1 aliphatic rings. The van der Waals surface area contributed by atoms with Gasteiger partial charge in [0.1, 0.15) is 5.75 Å². The van der Waals surface area contributed by atoms with Gasteiger partial charge in [0.05, 0.1) is 26.6 Å². The Morgan fingerprint density at radius 2 is 2.00 bits per heavy atom. The molecule has 2 aromatic rings. The smallest absolute Gasteiger partial charge is 0.308 e. The van der Waals surface area contributed by atoms with Crippen LogP contribution in [0.5, 0.6) is 5.75 Å². The summed E-state index contributed by atoms with van der Waals surface area (Å²) in [5.74, 6) is 0.885. The lowest BCUT2D eigenvalue weighted by molar-refractivity contribution is -0.148. The van der Waals surface area contributed by atoms with Gasteiger partial charge in [0.2, 0.25) is 5.91 Å². The Morgan fingerprint density at radius 1 is 1.26 bits per heavy atom. The molecule has 1 aliphatic heterocycles. The summed E-state index contributed by atoms with van der Waals surface area (Å²) in [5, 5.41) is 0.514. The van der Waals surface area contributed by atoms with E-state index in [1.807, 2.05) is 24.3 Å².